The number of nitrogens with zero attached hydrogens (tertiary/aromatic N) is 2. The maximum atomic E-state index is 13.4. The van der Waals surface area contributed by atoms with E-state index in [1.54, 1.807) is 14.2 Å². The van der Waals surface area contributed by atoms with Gasteiger partial charge in [0.05, 0.1) is 26.5 Å². The van der Waals surface area contributed by atoms with Crippen LogP contribution >= 0.6 is 17.0 Å². The van der Waals surface area contributed by atoms with Crippen LogP contribution in [0, 0.1) is 0 Å². The van der Waals surface area contributed by atoms with Gasteiger partial charge < -0.3 is 14.4 Å². The predicted octanol–water partition coefficient (Wildman–Crippen LogP) is 6.61. The molecule has 0 saturated carbocycles. The first-order valence-electron chi connectivity index (χ1n) is 11.4. The number of hydrogen-bond donors (Lipinski definition) is 0. The van der Waals surface area contributed by atoms with Crippen LogP contribution in [0.3, 0.4) is 0 Å². The van der Waals surface area contributed by atoms with Gasteiger partial charge in [0.1, 0.15) is 17.3 Å². The van der Waals surface area contributed by atoms with E-state index in [-0.39, 0.29) is 29.3 Å². The zero-order valence-electron chi connectivity index (χ0n) is 19.7. The molecular weight excluding hydrogens is 492 g/mol. The van der Waals surface area contributed by atoms with Gasteiger partial charge in [-0.3, -0.25) is 9.79 Å². The summed E-state index contributed by atoms with van der Waals surface area (Å²) in [6.45, 7) is 0.983. The minimum Gasteiger partial charge on any atom is -0.497 e. The number of Topliss-reactive ketones (excluding diaryl/α,β-unsaturated/α-hetero) is 1. The molecule has 5 nitrogen and oxygen atoms in total. The van der Waals surface area contributed by atoms with Gasteiger partial charge in [0.15, 0.2) is 5.78 Å². The molecule has 1 heterocycles. The van der Waals surface area contributed by atoms with E-state index in [2.05, 4.69) is 12.1 Å². The number of carbonyl (C=O) groups excluding carboxylic acids is 1. The number of amidine groups is 1. The Morgan fingerprint density at radius 3 is 2.32 bits per heavy atom. The minimum atomic E-state index is 0. The van der Waals surface area contributed by atoms with E-state index in [4.69, 9.17) is 14.5 Å². The Bertz CT molecular complexity index is 1110. The third kappa shape index (κ3) is 6.06. The molecule has 0 N–H and O–H groups in total. The average molecular weight is 523 g/mol. The van der Waals surface area contributed by atoms with Crippen molar-refractivity contribution in [2.45, 2.75) is 25.7 Å². The van der Waals surface area contributed by atoms with Crippen LogP contribution in [0.1, 0.15) is 36.0 Å². The number of rotatable bonds is 7. The number of hydrogen-bond acceptors (Lipinski definition) is 5. The maximum Gasteiger partial charge on any atom is 0.182 e. The third-order valence-corrected chi connectivity index (χ3v) is 5.96. The normalized spacial score (nSPS) is 13.2. The van der Waals surface area contributed by atoms with Crippen LogP contribution in [0.2, 0.25) is 0 Å². The number of benzene rings is 3. The molecule has 0 saturated heterocycles. The van der Waals surface area contributed by atoms with E-state index in [1.807, 2.05) is 65.6 Å². The number of aliphatic imine (C=N–C) groups is 1. The summed E-state index contributed by atoms with van der Waals surface area (Å²) >= 11 is 0. The average Bonchev–Trinajstić information content (AvgIpc) is 3.17. The van der Waals surface area contributed by atoms with Gasteiger partial charge in [-0.15, -0.1) is 17.0 Å². The van der Waals surface area contributed by atoms with Crippen LogP contribution in [-0.2, 0) is 0 Å². The Hall–Kier alpha value is -3.12. The molecule has 0 fully saturated rings. The lowest BCUT2D eigenvalue weighted by atomic mass is 10.0. The molecule has 1 aliphatic heterocycles. The first-order chi connectivity index (χ1) is 16.2. The first-order valence-corrected chi connectivity index (χ1v) is 11.4. The van der Waals surface area contributed by atoms with Crippen molar-refractivity contribution in [3.8, 4) is 22.6 Å². The Morgan fingerprint density at radius 1 is 0.882 bits per heavy atom. The van der Waals surface area contributed by atoms with Gasteiger partial charge in [-0.2, -0.15) is 0 Å². The molecule has 0 bridgehead atoms. The van der Waals surface area contributed by atoms with Crippen LogP contribution in [-0.4, -0.2) is 38.9 Å². The summed E-state index contributed by atoms with van der Waals surface area (Å²) in [4.78, 5) is 20.2. The summed E-state index contributed by atoms with van der Waals surface area (Å²) in [7, 11) is 3.26. The van der Waals surface area contributed by atoms with Crippen molar-refractivity contribution in [3.05, 3.63) is 78.4 Å². The highest BCUT2D eigenvalue weighted by atomic mass is 79.9. The number of halogens is 1. The second-order valence-electron chi connectivity index (χ2n) is 8.10. The summed E-state index contributed by atoms with van der Waals surface area (Å²) in [6, 6.07) is 23.7. The van der Waals surface area contributed by atoms with Gasteiger partial charge in [0.25, 0.3) is 0 Å². The smallest absolute Gasteiger partial charge is 0.182 e. The molecular formula is C28H31BrN2O3. The van der Waals surface area contributed by atoms with Crippen molar-refractivity contribution in [1.82, 2.24) is 0 Å². The molecule has 4 rings (SSSR count). The van der Waals surface area contributed by atoms with E-state index in [9.17, 15) is 4.79 Å². The first kappa shape index (κ1) is 25.5. The number of methoxy groups -OCH3 is 2. The molecule has 178 valence electrons. The highest BCUT2D eigenvalue weighted by Gasteiger charge is 2.23. The Labute approximate surface area is 212 Å². The highest BCUT2D eigenvalue weighted by Crippen LogP contribution is 2.34. The molecule has 0 spiro atoms. The molecule has 0 aliphatic carbocycles. The predicted molar refractivity (Wildman–Crippen MR) is 144 cm³/mol. The van der Waals surface area contributed by atoms with Crippen LogP contribution in [0.15, 0.2) is 77.8 Å². The van der Waals surface area contributed by atoms with Gasteiger partial charge >= 0.3 is 0 Å². The molecule has 0 radical (unpaired) electrons. The number of ether oxygens (including phenoxy) is 2. The Morgan fingerprint density at radius 2 is 1.62 bits per heavy atom. The minimum absolute atomic E-state index is 0. The molecule has 6 heteroatoms. The van der Waals surface area contributed by atoms with Crippen LogP contribution in [0.25, 0.3) is 11.1 Å². The quantitative estimate of drug-likeness (QED) is 0.327. The van der Waals surface area contributed by atoms with Gasteiger partial charge in [0, 0.05) is 24.6 Å². The summed E-state index contributed by atoms with van der Waals surface area (Å²) in [5.74, 6) is 2.35. The number of ketones is 1. The lowest BCUT2D eigenvalue weighted by molar-refractivity contribution is 0.100. The second-order valence-corrected chi connectivity index (χ2v) is 8.10. The van der Waals surface area contributed by atoms with Crippen molar-refractivity contribution in [1.29, 1.82) is 0 Å². The Kier molecular flexibility index (Phi) is 9.28. The second kappa shape index (κ2) is 12.4. The molecule has 0 atom stereocenters. The van der Waals surface area contributed by atoms with Crippen molar-refractivity contribution < 1.29 is 14.3 Å². The number of anilines is 1. The number of carbonyl (C=O) groups is 1. The lowest BCUT2D eigenvalue weighted by Gasteiger charge is -2.27. The van der Waals surface area contributed by atoms with E-state index in [0.717, 1.165) is 54.9 Å². The lowest BCUT2D eigenvalue weighted by Crippen LogP contribution is -2.36. The SMILES string of the molecule is Br.COc1ccc(N(CC(=O)c2ccc(-c3ccccc3)cc2)C2=NCCCCC2)c(OC)c1. The fraction of sp³-hybridized carbons (Fsp3) is 0.286. The maximum absolute atomic E-state index is 13.4. The standard InChI is InChI=1S/C28H30N2O3.BrH/c1-32-24-16-17-25(27(19-24)33-2)30(28-11-7-4-8-18-29-28)20-26(31)23-14-12-22(13-15-23)21-9-5-3-6-10-21;/h3,5-6,9-10,12-17,19H,4,7-8,11,18,20H2,1-2H3;1H. The summed E-state index contributed by atoms with van der Waals surface area (Å²) in [5.41, 5.74) is 3.73. The molecule has 0 aromatic heterocycles. The zero-order chi connectivity index (χ0) is 23.0. The molecule has 0 amide bonds. The third-order valence-electron chi connectivity index (χ3n) is 5.96. The molecule has 3 aromatic carbocycles. The van der Waals surface area contributed by atoms with Gasteiger partial charge in [-0.05, 0) is 36.1 Å². The summed E-state index contributed by atoms with van der Waals surface area (Å²) < 4.78 is 11.0. The van der Waals surface area contributed by atoms with Crippen molar-refractivity contribution >= 4 is 34.3 Å². The molecule has 34 heavy (non-hydrogen) atoms. The van der Waals surface area contributed by atoms with Crippen molar-refractivity contribution in [3.63, 3.8) is 0 Å². The van der Waals surface area contributed by atoms with E-state index < -0.39 is 0 Å². The van der Waals surface area contributed by atoms with Crippen LogP contribution in [0.4, 0.5) is 5.69 Å². The fourth-order valence-corrected chi connectivity index (χ4v) is 4.12. The van der Waals surface area contributed by atoms with Gasteiger partial charge in [-0.25, -0.2) is 0 Å². The van der Waals surface area contributed by atoms with E-state index in [0.29, 0.717) is 17.1 Å². The van der Waals surface area contributed by atoms with Crippen molar-refractivity contribution in [2.24, 2.45) is 4.99 Å². The highest BCUT2D eigenvalue weighted by molar-refractivity contribution is 8.93. The van der Waals surface area contributed by atoms with Crippen LogP contribution < -0.4 is 14.4 Å². The molecule has 1 aliphatic rings. The Balaban J connectivity index is 0.00000324. The molecule has 0 unspecified atom stereocenters. The van der Waals surface area contributed by atoms with E-state index >= 15 is 0 Å². The molecule has 3 aromatic rings. The van der Waals surface area contributed by atoms with Crippen molar-refractivity contribution in [2.75, 3.05) is 32.2 Å². The largest absolute Gasteiger partial charge is 0.497 e. The van der Waals surface area contributed by atoms with Gasteiger partial charge in [-0.1, -0.05) is 61.0 Å². The summed E-state index contributed by atoms with van der Waals surface area (Å²) in [5, 5.41) is 0. The van der Waals surface area contributed by atoms with Gasteiger partial charge in [0.2, 0.25) is 0 Å². The van der Waals surface area contributed by atoms with Crippen LogP contribution in [0.5, 0.6) is 11.5 Å². The van der Waals surface area contributed by atoms with E-state index in [1.165, 1.54) is 0 Å². The fourth-order valence-electron chi connectivity index (χ4n) is 4.12. The zero-order valence-corrected chi connectivity index (χ0v) is 21.4. The topological polar surface area (TPSA) is 51.1 Å². The summed E-state index contributed by atoms with van der Waals surface area (Å²) in [6.07, 6.45) is 4.13. The monoisotopic (exact) mass is 522 g/mol.